The van der Waals surface area contributed by atoms with Crippen LogP contribution in [0.2, 0.25) is 0 Å². The summed E-state index contributed by atoms with van der Waals surface area (Å²) in [7, 11) is 6.87. The average molecular weight is 403 g/mol. The van der Waals surface area contributed by atoms with Gasteiger partial charge in [0.2, 0.25) is 5.95 Å². The third-order valence-corrected chi connectivity index (χ3v) is 4.86. The number of hydrogen-bond acceptors (Lipinski definition) is 5. The summed E-state index contributed by atoms with van der Waals surface area (Å²) in [6.45, 7) is 0.614. The first-order valence-electron chi connectivity index (χ1n) is 9.19. The molecule has 1 atom stereocenters. The van der Waals surface area contributed by atoms with Crippen LogP contribution in [0.1, 0.15) is 38.7 Å². The molecular weight excluding hydrogens is 380 g/mol. The molecule has 3 rings (SSSR count). The van der Waals surface area contributed by atoms with Crippen LogP contribution in [0, 0.1) is 11.6 Å². The number of benzene rings is 1. The lowest BCUT2D eigenvalue weighted by atomic mass is 9.99. The van der Waals surface area contributed by atoms with Gasteiger partial charge in [-0.25, -0.2) is 18.7 Å². The summed E-state index contributed by atoms with van der Waals surface area (Å²) in [5.74, 6) is -2.00. The summed E-state index contributed by atoms with van der Waals surface area (Å²) in [4.78, 5) is 38.7. The van der Waals surface area contributed by atoms with Crippen molar-refractivity contribution in [1.82, 2.24) is 19.8 Å². The predicted octanol–water partition coefficient (Wildman–Crippen LogP) is 2.15. The molecule has 0 saturated carbocycles. The van der Waals surface area contributed by atoms with Crippen molar-refractivity contribution in [3.8, 4) is 0 Å². The highest BCUT2D eigenvalue weighted by Gasteiger charge is 2.33. The minimum Gasteiger partial charge on any atom is -0.347 e. The van der Waals surface area contributed by atoms with Crippen LogP contribution in [-0.4, -0.2) is 72.9 Å². The fourth-order valence-electron chi connectivity index (χ4n) is 3.32. The summed E-state index contributed by atoms with van der Waals surface area (Å²) in [5, 5.41) is 0. The van der Waals surface area contributed by atoms with E-state index in [1.54, 1.807) is 33.1 Å². The van der Waals surface area contributed by atoms with Gasteiger partial charge in [-0.3, -0.25) is 9.59 Å². The van der Waals surface area contributed by atoms with E-state index >= 15 is 0 Å². The van der Waals surface area contributed by atoms with Crippen molar-refractivity contribution in [2.45, 2.75) is 12.3 Å². The zero-order chi connectivity index (χ0) is 21.3. The first-order chi connectivity index (χ1) is 13.7. The summed E-state index contributed by atoms with van der Waals surface area (Å²) >= 11 is 0. The van der Waals surface area contributed by atoms with E-state index in [-0.39, 0.29) is 23.9 Å². The van der Waals surface area contributed by atoms with Gasteiger partial charge in [0.15, 0.2) is 0 Å². The van der Waals surface area contributed by atoms with Gasteiger partial charge in [-0.2, -0.15) is 0 Å². The lowest BCUT2D eigenvalue weighted by molar-refractivity contribution is 0.0785. The smallest absolute Gasteiger partial charge is 0.256 e. The molecule has 1 aliphatic heterocycles. The van der Waals surface area contributed by atoms with Crippen molar-refractivity contribution < 1.29 is 18.4 Å². The number of amides is 2. The second-order valence-corrected chi connectivity index (χ2v) is 7.42. The maximum Gasteiger partial charge on any atom is 0.256 e. The Morgan fingerprint density at radius 2 is 1.86 bits per heavy atom. The van der Waals surface area contributed by atoms with Gasteiger partial charge in [0.05, 0.1) is 16.8 Å². The zero-order valence-electron chi connectivity index (χ0n) is 16.8. The second-order valence-electron chi connectivity index (χ2n) is 7.42. The lowest BCUT2D eigenvalue weighted by Crippen LogP contribution is -2.30. The maximum absolute atomic E-state index is 14.0. The summed E-state index contributed by atoms with van der Waals surface area (Å²) in [6, 6.07) is 2.82. The van der Waals surface area contributed by atoms with Gasteiger partial charge < -0.3 is 14.7 Å². The van der Waals surface area contributed by atoms with E-state index in [2.05, 4.69) is 9.97 Å². The minimum absolute atomic E-state index is 0.212. The Labute approximate surface area is 168 Å². The summed E-state index contributed by atoms with van der Waals surface area (Å²) in [6.07, 6.45) is 2.05. The van der Waals surface area contributed by atoms with Crippen LogP contribution in [0.4, 0.5) is 14.7 Å². The van der Waals surface area contributed by atoms with Crippen LogP contribution in [0.3, 0.4) is 0 Å². The number of nitrogens with zero attached hydrogens (tertiary/aromatic N) is 5. The Morgan fingerprint density at radius 1 is 1.14 bits per heavy atom. The van der Waals surface area contributed by atoms with Crippen molar-refractivity contribution in [2.75, 3.05) is 46.2 Å². The van der Waals surface area contributed by atoms with Crippen molar-refractivity contribution in [2.24, 2.45) is 0 Å². The van der Waals surface area contributed by atoms with Crippen molar-refractivity contribution in [1.29, 1.82) is 0 Å². The highest BCUT2D eigenvalue weighted by Crippen LogP contribution is 2.30. The Hall–Kier alpha value is -3.10. The first kappa shape index (κ1) is 20.6. The molecule has 154 valence electrons. The maximum atomic E-state index is 14.0. The van der Waals surface area contributed by atoms with Crippen LogP contribution >= 0.6 is 0 Å². The van der Waals surface area contributed by atoms with Crippen molar-refractivity contribution in [3.05, 3.63) is 52.9 Å². The van der Waals surface area contributed by atoms with E-state index in [1.165, 1.54) is 16.0 Å². The quantitative estimate of drug-likeness (QED) is 0.783. The molecule has 7 nitrogen and oxygen atoms in total. The van der Waals surface area contributed by atoms with Gasteiger partial charge >= 0.3 is 0 Å². The SMILES string of the molecule is CN(C)C(=O)c1cnc(N(C)C)nc1C1CCN(C(=O)c2cc(F)ccc2F)C1. The molecule has 1 fully saturated rings. The number of aromatic nitrogens is 2. The molecule has 9 heteroatoms. The van der Waals surface area contributed by atoms with E-state index in [0.717, 1.165) is 18.2 Å². The predicted molar refractivity (Wildman–Crippen MR) is 104 cm³/mol. The van der Waals surface area contributed by atoms with Gasteiger partial charge in [-0.15, -0.1) is 0 Å². The highest BCUT2D eigenvalue weighted by molar-refractivity contribution is 5.96. The fourth-order valence-corrected chi connectivity index (χ4v) is 3.32. The number of carbonyl (C=O) groups is 2. The monoisotopic (exact) mass is 403 g/mol. The van der Waals surface area contributed by atoms with E-state index in [0.29, 0.717) is 30.2 Å². The third kappa shape index (κ3) is 4.18. The molecule has 2 amide bonds. The number of anilines is 1. The lowest BCUT2D eigenvalue weighted by Gasteiger charge is -2.20. The van der Waals surface area contributed by atoms with Gasteiger partial charge in [-0.1, -0.05) is 0 Å². The minimum atomic E-state index is -0.764. The molecule has 0 radical (unpaired) electrons. The van der Waals surface area contributed by atoms with Crippen LogP contribution in [-0.2, 0) is 0 Å². The third-order valence-electron chi connectivity index (χ3n) is 4.86. The molecule has 0 bridgehead atoms. The van der Waals surface area contributed by atoms with E-state index in [1.807, 2.05) is 0 Å². The number of likely N-dealkylation sites (tertiary alicyclic amines) is 1. The van der Waals surface area contributed by atoms with Crippen LogP contribution < -0.4 is 4.90 Å². The molecule has 2 aromatic rings. The molecular formula is C20H23F2N5O2. The normalized spacial score (nSPS) is 16.1. The second kappa shape index (κ2) is 8.10. The molecule has 1 unspecified atom stereocenters. The number of rotatable bonds is 4. The Morgan fingerprint density at radius 3 is 2.52 bits per heavy atom. The molecule has 29 heavy (non-hydrogen) atoms. The summed E-state index contributed by atoms with van der Waals surface area (Å²) < 4.78 is 27.5. The fraction of sp³-hybridized carbons (Fsp3) is 0.400. The Kier molecular flexibility index (Phi) is 5.76. The first-order valence-corrected chi connectivity index (χ1v) is 9.19. The number of halogens is 2. The average Bonchev–Trinajstić information content (AvgIpc) is 3.18. The Balaban J connectivity index is 1.90. The van der Waals surface area contributed by atoms with Crippen molar-refractivity contribution in [3.63, 3.8) is 0 Å². The molecule has 1 aliphatic rings. The Bertz CT molecular complexity index is 948. The van der Waals surface area contributed by atoms with Gasteiger partial charge in [-0.05, 0) is 24.6 Å². The number of hydrogen-bond donors (Lipinski definition) is 0. The highest BCUT2D eigenvalue weighted by atomic mass is 19.1. The molecule has 0 aliphatic carbocycles. The van der Waals surface area contributed by atoms with E-state index in [9.17, 15) is 18.4 Å². The molecule has 1 aromatic carbocycles. The number of carbonyl (C=O) groups excluding carboxylic acids is 2. The molecule has 1 aromatic heterocycles. The molecule has 2 heterocycles. The van der Waals surface area contributed by atoms with Crippen LogP contribution in [0.15, 0.2) is 24.4 Å². The molecule has 1 saturated heterocycles. The van der Waals surface area contributed by atoms with Gasteiger partial charge in [0.1, 0.15) is 11.6 Å². The largest absolute Gasteiger partial charge is 0.347 e. The molecule has 0 spiro atoms. The standard InChI is InChI=1S/C20H23F2N5O2/c1-25(2)18(28)15-10-23-20(26(3)4)24-17(15)12-7-8-27(11-12)19(29)14-9-13(21)5-6-16(14)22/h5-6,9-10,12H,7-8,11H2,1-4H3. The summed E-state index contributed by atoms with van der Waals surface area (Å²) in [5.41, 5.74) is 0.626. The van der Waals surface area contributed by atoms with E-state index < -0.39 is 17.5 Å². The molecule has 0 N–H and O–H groups in total. The topological polar surface area (TPSA) is 69.6 Å². The van der Waals surface area contributed by atoms with Crippen LogP contribution in [0.5, 0.6) is 0 Å². The zero-order valence-corrected chi connectivity index (χ0v) is 16.8. The van der Waals surface area contributed by atoms with Crippen LogP contribution in [0.25, 0.3) is 0 Å². The van der Waals surface area contributed by atoms with Gasteiger partial charge in [0, 0.05) is 53.4 Å². The van der Waals surface area contributed by atoms with E-state index in [4.69, 9.17) is 0 Å². The van der Waals surface area contributed by atoms with Crippen molar-refractivity contribution >= 4 is 17.8 Å². The van der Waals surface area contributed by atoms with Gasteiger partial charge in [0.25, 0.3) is 11.8 Å².